The molecule has 4 rings (SSSR count). The third-order valence-electron chi connectivity index (χ3n) is 4.91. The quantitative estimate of drug-likeness (QED) is 0.659. The largest absolute Gasteiger partial charge is 0.494 e. The van der Waals surface area contributed by atoms with Crippen molar-refractivity contribution in [1.82, 2.24) is 9.55 Å². The normalized spacial score (nSPS) is 13.1. The van der Waals surface area contributed by atoms with Gasteiger partial charge in [0.15, 0.2) is 0 Å². The van der Waals surface area contributed by atoms with E-state index in [4.69, 9.17) is 9.84 Å². The lowest BCUT2D eigenvalue weighted by molar-refractivity contribution is 0.0697. The Labute approximate surface area is 160 Å². The molecular formula is C20H20N2O4S. The number of benzene rings is 1. The van der Waals surface area contributed by atoms with E-state index in [9.17, 15) is 9.59 Å². The Morgan fingerprint density at radius 3 is 2.81 bits per heavy atom. The van der Waals surface area contributed by atoms with E-state index in [2.05, 4.69) is 4.98 Å². The minimum atomic E-state index is -0.959. The first-order valence-corrected chi connectivity index (χ1v) is 9.84. The molecule has 0 aliphatic heterocycles. The second-order valence-electron chi connectivity index (χ2n) is 6.68. The zero-order chi connectivity index (χ0) is 19.0. The summed E-state index contributed by atoms with van der Waals surface area (Å²) in [4.78, 5) is 30.7. The first-order chi connectivity index (χ1) is 13.0. The van der Waals surface area contributed by atoms with Crippen LogP contribution in [0, 0.1) is 6.92 Å². The number of fused-ring (bicyclic) bond motifs is 3. The summed E-state index contributed by atoms with van der Waals surface area (Å²) >= 11 is 1.66. The number of thiophene rings is 1. The van der Waals surface area contributed by atoms with Crippen molar-refractivity contribution in [3.8, 4) is 5.75 Å². The molecule has 140 valence electrons. The van der Waals surface area contributed by atoms with Crippen LogP contribution in [0.2, 0.25) is 0 Å². The standard InChI is InChI=1S/C20H20N2O4S/c1-12-21-18-17(15-4-2-5-16(15)27-18)19(23)22(12)10-3-11-26-14-8-6-13(7-9-14)20(24)25/h6-9H,2-5,10-11H2,1H3,(H,24,25). The molecule has 0 radical (unpaired) electrons. The summed E-state index contributed by atoms with van der Waals surface area (Å²) in [6, 6.07) is 6.31. The maximum absolute atomic E-state index is 13.0. The van der Waals surface area contributed by atoms with E-state index >= 15 is 0 Å². The summed E-state index contributed by atoms with van der Waals surface area (Å²) in [6.45, 7) is 2.86. The fourth-order valence-corrected chi connectivity index (χ4v) is 4.85. The van der Waals surface area contributed by atoms with Gasteiger partial charge in [0.25, 0.3) is 5.56 Å². The lowest BCUT2D eigenvalue weighted by atomic mass is 10.2. The van der Waals surface area contributed by atoms with Gasteiger partial charge in [0, 0.05) is 11.4 Å². The first-order valence-electron chi connectivity index (χ1n) is 9.02. The third kappa shape index (κ3) is 3.35. The second-order valence-corrected chi connectivity index (χ2v) is 7.77. The van der Waals surface area contributed by atoms with Crippen molar-refractivity contribution in [1.29, 1.82) is 0 Å². The lowest BCUT2D eigenvalue weighted by Crippen LogP contribution is -2.24. The van der Waals surface area contributed by atoms with Crippen LogP contribution in [0.15, 0.2) is 29.1 Å². The van der Waals surface area contributed by atoms with Crippen LogP contribution in [-0.4, -0.2) is 27.2 Å². The summed E-state index contributed by atoms with van der Waals surface area (Å²) in [5.41, 5.74) is 1.49. The highest BCUT2D eigenvalue weighted by atomic mass is 32.1. The SMILES string of the molecule is Cc1nc2sc3c(c2c(=O)n1CCCOc1ccc(C(=O)O)cc1)CCC3. The van der Waals surface area contributed by atoms with Gasteiger partial charge < -0.3 is 9.84 Å². The Bertz CT molecular complexity index is 1070. The van der Waals surface area contributed by atoms with Crippen LogP contribution in [0.25, 0.3) is 10.2 Å². The number of ether oxygens (including phenoxy) is 1. The van der Waals surface area contributed by atoms with E-state index in [-0.39, 0.29) is 11.1 Å². The number of carbonyl (C=O) groups is 1. The van der Waals surface area contributed by atoms with Gasteiger partial charge in [-0.1, -0.05) is 0 Å². The highest BCUT2D eigenvalue weighted by Crippen LogP contribution is 2.34. The molecule has 6 nitrogen and oxygen atoms in total. The van der Waals surface area contributed by atoms with Gasteiger partial charge >= 0.3 is 5.97 Å². The van der Waals surface area contributed by atoms with Gasteiger partial charge in [-0.3, -0.25) is 9.36 Å². The number of rotatable bonds is 6. The fourth-order valence-electron chi connectivity index (χ4n) is 3.55. The monoisotopic (exact) mass is 384 g/mol. The molecule has 0 spiro atoms. The van der Waals surface area contributed by atoms with Crippen molar-refractivity contribution in [2.75, 3.05) is 6.61 Å². The zero-order valence-corrected chi connectivity index (χ0v) is 15.8. The maximum atomic E-state index is 13.0. The van der Waals surface area contributed by atoms with Gasteiger partial charge in [0.1, 0.15) is 16.4 Å². The molecule has 3 aromatic rings. The van der Waals surface area contributed by atoms with Crippen molar-refractivity contribution in [2.45, 2.75) is 39.2 Å². The van der Waals surface area contributed by atoms with Crippen LogP contribution in [0.5, 0.6) is 5.75 Å². The number of hydrogen-bond acceptors (Lipinski definition) is 5. The van der Waals surface area contributed by atoms with Gasteiger partial charge in [-0.2, -0.15) is 0 Å². The Kier molecular flexibility index (Phi) is 4.70. The smallest absolute Gasteiger partial charge is 0.335 e. The minimum Gasteiger partial charge on any atom is -0.494 e. The van der Waals surface area contributed by atoms with E-state index in [1.54, 1.807) is 28.0 Å². The molecule has 0 fully saturated rings. The van der Waals surface area contributed by atoms with Crippen LogP contribution < -0.4 is 10.3 Å². The van der Waals surface area contributed by atoms with E-state index < -0.39 is 5.97 Å². The number of carboxylic acids is 1. The van der Waals surface area contributed by atoms with Gasteiger partial charge in [0.2, 0.25) is 0 Å². The molecule has 1 aliphatic rings. The van der Waals surface area contributed by atoms with E-state index in [0.717, 1.165) is 35.3 Å². The summed E-state index contributed by atoms with van der Waals surface area (Å²) in [6.07, 6.45) is 3.83. The summed E-state index contributed by atoms with van der Waals surface area (Å²) in [5, 5.41) is 9.72. The Balaban J connectivity index is 1.44. The van der Waals surface area contributed by atoms with Gasteiger partial charge in [0.05, 0.1) is 17.6 Å². The van der Waals surface area contributed by atoms with E-state index in [1.165, 1.54) is 22.6 Å². The molecule has 1 N–H and O–H groups in total. The van der Waals surface area contributed by atoms with Crippen LogP contribution in [0.3, 0.4) is 0 Å². The van der Waals surface area contributed by atoms with Gasteiger partial charge in [-0.05, 0) is 62.4 Å². The molecule has 27 heavy (non-hydrogen) atoms. The first kappa shape index (κ1) is 17.7. The maximum Gasteiger partial charge on any atom is 0.335 e. The number of nitrogens with zero attached hydrogens (tertiary/aromatic N) is 2. The van der Waals surface area contributed by atoms with Gasteiger partial charge in [-0.25, -0.2) is 9.78 Å². The lowest BCUT2D eigenvalue weighted by Gasteiger charge is -2.11. The molecule has 0 saturated carbocycles. The van der Waals surface area contributed by atoms with Crippen molar-refractivity contribution in [2.24, 2.45) is 0 Å². The summed E-state index contributed by atoms with van der Waals surface area (Å²) < 4.78 is 7.40. The Morgan fingerprint density at radius 1 is 1.30 bits per heavy atom. The number of carboxylic acid groups (broad SMARTS) is 1. The molecule has 0 unspecified atom stereocenters. The average molecular weight is 384 g/mol. The van der Waals surface area contributed by atoms with Crippen LogP contribution >= 0.6 is 11.3 Å². The molecule has 0 amide bonds. The van der Waals surface area contributed by atoms with Crippen molar-refractivity contribution >= 4 is 27.5 Å². The molecular weight excluding hydrogens is 364 g/mol. The van der Waals surface area contributed by atoms with Gasteiger partial charge in [-0.15, -0.1) is 11.3 Å². The predicted octanol–water partition coefficient (Wildman–Crippen LogP) is 3.42. The zero-order valence-electron chi connectivity index (χ0n) is 15.0. The van der Waals surface area contributed by atoms with Crippen molar-refractivity contribution < 1.29 is 14.6 Å². The molecule has 0 saturated heterocycles. The van der Waals surface area contributed by atoms with Crippen molar-refractivity contribution in [3.63, 3.8) is 0 Å². The predicted molar refractivity (Wildman–Crippen MR) is 104 cm³/mol. The highest BCUT2D eigenvalue weighted by molar-refractivity contribution is 7.18. The molecule has 2 heterocycles. The average Bonchev–Trinajstić information content (AvgIpc) is 3.21. The number of aryl methyl sites for hydroxylation is 3. The van der Waals surface area contributed by atoms with Crippen LogP contribution in [0.1, 0.15) is 39.5 Å². The Hall–Kier alpha value is -2.67. The summed E-state index contributed by atoms with van der Waals surface area (Å²) in [7, 11) is 0. The van der Waals surface area contributed by atoms with Crippen molar-refractivity contribution in [3.05, 3.63) is 56.4 Å². The summed E-state index contributed by atoms with van der Waals surface area (Å²) in [5.74, 6) is 0.394. The number of aromatic nitrogens is 2. The van der Waals surface area contributed by atoms with E-state index in [0.29, 0.717) is 25.3 Å². The molecule has 1 aliphatic carbocycles. The molecule has 2 aromatic heterocycles. The molecule has 0 atom stereocenters. The van der Waals surface area contributed by atoms with Crippen LogP contribution in [-0.2, 0) is 19.4 Å². The Morgan fingerprint density at radius 2 is 2.07 bits per heavy atom. The topological polar surface area (TPSA) is 81.4 Å². The minimum absolute atomic E-state index is 0.0581. The second kappa shape index (κ2) is 7.15. The molecule has 7 heteroatoms. The van der Waals surface area contributed by atoms with E-state index in [1.807, 2.05) is 6.92 Å². The molecule has 0 bridgehead atoms. The number of aromatic carboxylic acids is 1. The van der Waals surface area contributed by atoms with Crippen LogP contribution in [0.4, 0.5) is 0 Å². The highest BCUT2D eigenvalue weighted by Gasteiger charge is 2.22. The number of hydrogen-bond donors (Lipinski definition) is 1. The molecule has 1 aromatic carbocycles. The third-order valence-corrected chi connectivity index (χ3v) is 6.10. The fraction of sp³-hybridized carbons (Fsp3) is 0.350.